The lowest BCUT2D eigenvalue weighted by Crippen LogP contribution is -2.20. The van der Waals surface area contributed by atoms with Crippen LogP contribution >= 0.6 is 0 Å². The highest BCUT2D eigenvalue weighted by molar-refractivity contribution is 5.91. The molecule has 0 bridgehead atoms. The molecule has 2 heterocycles. The SMILES string of the molecule is COc1ccc(NC(=O)Cn2c(C)cc(-c3nnc(C4CC4)o3)c2C)c(C)c1. The van der Waals surface area contributed by atoms with Gasteiger partial charge in [0.25, 0.3) is 0 Å². The van der Waals surface area contributed by atoms with Gasteiger partial charge in [-0.25, -0.2) is 0 Å². The highest BCUT2D eigenvalue weighted by Crippen LogP contribution is 2.40. The van der Waals surface area contributed by atoms with Gasteiger partial charge in [0.05, 0.1) is 12.7 Å². The number of carbonyl (C=O) groups is 1. The molecule has 0 spiro atoms. The molecule has 2 aromatic heterocycles. The van der Waals surface area contributed by atoms with Crippen molar-refractivity contribution < 1.29 is 13.9 Å². The van der Waals surface area contributed by atoms with Crippen molar-refractivity contribution in [1.29, 1.82) is 0 Å². The summed E-state index contributed by atoms with van der Waals surface area (Å²) in [5.41, 5.74) is 4.52. The lowest BCUT2D eigenvalue weighted by molar-refractivity contribution is -0.116. The average Bonchev–Trinajstić information content (AvgIpc) is 3.35. The number of hydrogen-bond acceptors (Lipinski definition) is 5. The Bertz CT molecular complexity index is 1030. The predicted octanol–water partition coefficient (Wildman–Crippen LogP) is 3.99. The molecule has 1 N–H and O–H groups in total. The number of rotatable bonds is 6. The van der Waals surface area contributed by atoms with E-state index in [1.54, 1.807) is 7.11 Å². The van der Waals surface area contributed by atoms with Crippen molar-refractivity contribution in [3.8, 4) is 17.2 Å². The maximum absolute atomic E-state index is 12.6. The lowest BCUT2D eigenvalue weighted by Gasteiger charge is -2.12. The first-order chi connectivity index (χ1) is 13.5. The number of aryl methyl sites for hydroxylation is 2. The summed E-state index contributed by atoms with van der Waals surface area (Å²) in [4.78, 5) is 12.6. The number of amides is 1. The number of anilines is 1. The third kappa shape index (κ3) is 3.52. The molecule has 1 aromatic carbocycles. The number of carbonyl (C=O) groups excluding carboxylic acids is 1. The molecular weight excluding hydrogens is 356 g/mol. The average molecular weight is 380 g/mol. The van der Waals surface area contributed by atoms with Crippen LogP contribution in [-0.4, -0.2) is 27.8 Å². The van der Waals surface area contributed by atoms with Crippen molar-refractivity contribution in [2.24, 2.45) is 0 Å². The molecule has 28 heavy (non-hydrogen) atoms. The largest absolute Gasteiger partial charge is 0.497 e. The fraction of sp³-hybridized carbons (Fsp3) is 0.381. The molecule has 0 unspecified atom stereocenters. The molecule has 1 amide bonds. The summed E-state index contributed by atoms with van der Waals surface area (Å²) >= 11 is 0. The van der Waals surface area contributed by atoms with Crippen LogP contribution in [0.3, 0.4) is 0 Å². The second-order valence-electron chi connectivity index (χ2n) is 7.32. The number of nitrogens with zero attached hydrogens (tertiary/aromatic N) is 3. The summed E-state index contributed by atoms with van der Waals surface area (Å²) in [6.45, 7) is 6.10. The molecule has 0 radical (unpaired) electrons. The molecule has 4 rings (SSSR count). The molecule has 146 valence electrons. The Morgan fingerprint density at radius 3 is 2.71 bits per heavy atom. The standard InChI is InChI=1S/C21H24N4O3/c1-12-9-16(27-4)7-8-18(12)22-19(26)11-25-13(2)10-17(14(25)3)21-24-23-20(28-21)15-5-6-15/h7-10,15H,5-6,11H2,1-4H3,(H,22,26). The van der Waals surface area contributed by atoms with Gasteiger partial charge in [0.15, 0.2) is 0 Å². The Hall–Kier alpha value is -3.09. The van der Waals surface area contributed by atoms with Crippen LogP contribution in [0.15, 0.2) is 28.7 Å². The number of methoxy groups -OCH3 is 1. The van der Waals surface area contributed by atoms with Gasteiger partial charge in [0.2, 0.25) is 17.7 Å². The Labute approximate surface area is 163 Å². The molecule has 7 heteroatoms. The lowest BCUT2D eigenvalue weighted by atomic mass is 10.2. The highest BCUT2D eigenvalue weighted by Gasteiger charge is 2.30. The fourth-order valence-corrected chi connectivity index (χ4v) is 3.34. The summed E-state index contributed by atoms with van der Waals surface area (Å²) in [7, 11) is 1.62. The first-order valence-corrected chi connectivity index (χ1v) is 9.41. The topological polar surface area (TPSA) is 82.2 Å². The first-order valence-electron chi connectivity index (χ1n) is 9.41. The van der Waals surface area contributed by atoms with Gasteiger partial charge in [-0.05, 0) is 63.4 Å². The monoisotopic (exact) mass is 380 g/mol. The molecule has 1 aliphatic carbocycles. The van der Waals surface area contributed by atoms with E-state index in [1.165, 1.54) is 0 Å². The van der Waals surface area contributed by atoms with Gasteiger partial charge in [0, 0.05) is 23.0 Å². The van der Waals surface area contributed by atoms with Crippen LogP contribution in [0.2, 0.25) is 0 Å². The van der Waals surface area contributed by atoms with Crippen LogP contribution in [0.5, 0.6) is 5.75 Å². The molecule has 1 saturated carbocycles. The molecule has 1 aliphatic rings. The van der Waals surface area contributed by atoms with Gasteiger partial charge >= 0.3 is 0 Å². The minimum absolute atomic E-state index is 0.0918. The normalized spacial score (nSPS) is 13.6. The summed E-state index contributed by atoms with van der Waals surface area (Å²) in [5.74, 6) is 2.33. The van der Waals surface area contributed by atoms with Crippen LogP contribution in [0, 0.1) is 20.8 Å². The van der Waals surface area contributed by atoms with Crippen LogP contribution in [0.4, 0.5) is 5.69 Å². The van der Waals surface area contributed by atoms with Gasteiger partial charge in [-0.2, -0.15) is 0 Å². The Morgan fingerprint density at radius 1 is 1.25 bits per heavy atom. The fourth-order valence-electron chi connectivity index (χ4n) is 3.34. The highest BCUT2D eigenvalue weighted by atomic mass is 16.5. The molecule has 0 aliphatic heterocycles. The minimum atomic E-state index is -0.0918. The van der Waals surface area contributed by atoms with E-state index in [-0.39, 0.29) is 12.5 Å². The van der Waals surface area contributed by atoms with E-state index in [1.807, 2.05) is 49.6 Å². The van der Waals surface area contributed by atoms with E-state index in [9.17, 15) is 4.79 Å². The number of benzene rings is 1. The maximum Gasteiger partial charge on any atom is 0.249 e. The van der Waals surface area contributed by atoms with Crippen molar-refractivity contribution in [1.82, 2.24) is 14.8 Å². The zero-order valence-corrected chi connectivity index (χ0v) is 16.6. The van der Waals surface area contributed by atoms with E-state index in [0.29, 0.717) is 17.7 Å². The summed E-state index contributed by atoms with van der Waals surface area (Å²) in [5, 5.41) is 11.3. The third-order valence-corrected chi connectivity index (χ3v) is 5.18. The van der Waals surface area contributed by atoms with E-state index < -0.39 is 0 Å². The van der Waals surface area contributed by atoms with E-state index in [2.05, 4.69) is 15.5 Å². The summed E-state index contributed by atoms with van der Waals surface area (Å²) in [6, 6.07) is 7.57. The molecule has 3 aromatic rings. The Kier molecular flexibility index (Phi) is 4.66. The van der Waals surface area contributed by atoms with Gasteiger partial charge in [0.1, 0.15) is 12.3 Å². The van der Waals surface area contributed by atoms with Gasteiger partial charge in [-0.3, -0.25) is 4.79 Å². The second kappa shape index (κ2) is 7.14. The van der Waals surface area contributed by atoms with Crippen molar-refractivity contribution in [3.05, 3.63) is 47.1 Å². The molecular formula is C21H24N4O3. The predicted molar refractivity (Wildman–Crippen MR) is 106 cm³/mol. The van der Waals surface area contributed by atoms with Gasteiger partial charge in [-0.15, -0.1) is 10.2 Å². The number of aromatic nitrogens is 3. The van der Waals surface area contributed by atoms with Crippen LogP contribution < -0.4 is 10.1 Å². The van der Waals surface area contributed by atoms with Crippen LogP contribution in [0.25, 0.3) is 11.5 Å². The summed E-state index contributed by atoms with van der Waals surface area (Å²) in [6.07, 6.45) is 2.23. The van der Waals surface area contributed by atoms with Crippen molar-refractivity contribution >= 4 is 11.6 Å². The quantitative estimate of drug-likeness (QED) is 0.699. The van der Waals surface area contributed by atoms with Gasteiger partial charge < -0.3 is 19.0 Å². The summed E-state index contributed by atoms with van der Waals surface area (Å²) < 4.78 is 13.0. The number of nitrogens with one attached hydrogen (secondary N) is 1. The van der Waals surface area contributed by atoms with Crippen molar-refractivity contribution in [3.63, 3.8) is 0 Å². The number of ether oxygens (including phenoxy) is 1. The van der Waals surface area contributed by atoms with E-state index in [0.717, 1.165) is 46.8 Å². The molecule has 0 saturated heterocycles. The third-order valence-electron chi connectivity index (χ3n) is 5.18. The van der Waals surface area contributed by atoms with E-state index >= 15 is 0 Å². The minimum Gasteiger partial charge on any atom is -0.497 e. The smallest absolute Gasteiger partial charge is 0.249 e. The molecule has 1 fully saturated rings. The maximum atomic E-state index is 12.6. The Morgan fingerprint density at radius 2 is 2.04 bits per heavy atom. The Balaban J connectivity index is 1.51. The molecule has 0 atom stereocenters. The van der Waals surface area contributed by atoms with Crippen LogP contribution in [0.1, 0.15) is 41.6 Å². The second-order valence-corrected chi connectivity index (χ2v) is 7.32. The number of hydrogen-bond donors (Lipinski definition) is 1. The van der Waals surface area contributed by atoms with Crippen LogP contribution in [-0.2, 0) is 11.3 Å². The van der Waals surface area contributed by atoms with Crippen molar-refractivity contribution in [2.75, 3.05) is 12.4 Å². The molecule has 7 nitrogen and oxygen atoms in total. The van der Waals surface area contributed by atoms with Crippen molar-refractivity contribution in [2.45, 2.75) is 46.1 Å². The first kappa shape index (κ1) is 18.3. The van der Waals surface area contributed by atoms with Gasteiger partial charge in [-0.1, -0.05) is 0 Å². The zero-order chi connectivity index (χ0) is 19.8. The zero-order valence-electron chi connectivity index (χ0n) is 16.6. The van der Waals surface area contributed by atoms with E-state index in [4.69, 9.17) is 9.15 Å².